The molecule has 1 aliphatic rings. The van der Waals surface area contributed by atoms with Crippen molar-refractivity contribution in [3.8, 4) is 0 Å². The molecule has 4 rings (SSSR count). The van der Waals surface area contributed by atoms with E-state index in [0.717, 1.165) is 22.3 Å². The lowest BCUT2D eigenvalue weighted by molar-refractivity contribution is 0.0960. The number of H-pyrrole nitrogens is 1. The van der Waals surface area contributed by atoms with Crippen LogP contribution in [-0.4, -0.2) is 10.9 Å². The number of nitrogens with one attached hydrogen (secondary N) is 2. The summed E-state index contributed by atoms with van der Waals surface area (Å²) in [6.07, 6.45) is 0. The molecule has 0 fully saturated rings. The molecule has 0 unspecified atom stereocenters. The second-order valence-electron chi connectivity index (χ2n) is 5.20. The zero-order chi connectivity index (χ0) is 13.7. The molecule has 0 spiro atoms. The van der Waals surface area contributed by atoms with Gasteiger partial charge in [0.1, 0.15) is 0 Å². The summed E-state index contributed by atoms with van der Waals surface area (Å²) in [4.78, 5) is 15.5. The summed E-state index contributed by atoms with van der Waals surface area (Å²) >= 11 is 0. The van der Waals surface area contributed by atoms with E-state index in [1.165, 1.54) is 10.9 Å². The van der Waals surface area contributed by atoms with Crippen LogP contribution in [0.3, 0.4) is 0 Å². The van der Waals surface area contributed by atoms with Gasteiger partial charge in [-0.3, -0.25) is 4.79 Å². The molecule has 3 aromatic rings. The van der Waals surface area contributed by atoms with Gasteiger partial charge in [0.2, 0.25) is 0 Å². The number of carbonyl (C=O) groups is 1. The highest BCUT2D eigenvalue weighted by atomic mass is 16.2. The second kappa shape index (κ2) is 3.97. The van der Waals surface area contributed by atoms with Gasteiger partial charge in [-0.2, -0.15) is 0 Å². The van der Waals surface area contributed by atoms with Gasteiger partial charge < -0.3 is 10.3 Å². The molecular formula is C17H14N2O. The molecule has 0 saturated carbocycles. The molecule has 2 aromatic carbocycles. The summed E-state index contributed by atoms with van der Waals surface area (Å²) < 4.78 is 0. The van der Waals surface area contributed by atoms with Crippen LogP contribution in [0.2, 0.25) is 0 Å². The Morgan fingerprint density at radius 2 is 1.75 bits per heavy atom. The number of benzene rings is 2. The minimum atomic E-state index is -0.0603. The number of carbonyl (C=O) groups excluding carboxylic acids is 1. The maximum Gasteiger partial charge on any atom is 0.252 e. The molecule has 0 bridgehead atoms. The molecule has 98 valence electrons. The van der Waals surface area contributed by atoms with Gasteiger partial charge in [-0.1, -0.05) is 36.4 Å². The number of amides is 1. The fourth-order valence-electron chi connectivity index (χ4n) is 3.14. The van der Waals surface area contributed by atoms with Gasteiger partial charge in [0, 0.05) is 27.7 Å². The van der Waals surface area contributed by atoms with E-state index in [1.807, 2.05) is 36.4 Å². The van der Waals surface area contributed by atoms with Crippen LogP contribution in [-0.2, 0) is 0 Å². The molecule has 1 aliphatic heterocycles. The molecule has 0 saturated heterocycles. The predicted octanol–water partition coefficient (Wildman–Crippen LogP) is 3.31. The van der Waals surface area contributed by atoms with E-state index in [-0.39, 0.29) is 11.9 Å². The van der Waals surface area contributed by atoms with E-state index in [1.54, 1.807) is 0 Å². The fraction of sp³-hybridized carbons (Fsp3) is 0.118. The third-order valence-electron chi connectivity index (χ3n) is 4.02. The van der Waals surface area contributed by atoms with E-state index >= 15 is 0 Å². The van der Waals surface area contributed by atoms with Crippen LogP contribution in [0.4, 0.5) is 0 Å². The van der Waals surface area contributed by atoms with E-state index in [0.29, 0.717) is 0 Å². The maximum atomic E-state index is 12.1. The standard InChI is InChI=1S/C17H14N2O/c1-10-15(13-8-4-5-9-14(13)18-10)16-11-6-2-3-7-12(11)17(20)19-16/h2-9,16,18H,1H3,(H,19,20)/t16-/m1/s1. The number of aromatic nitrogens is 1. The molecule has 1 aromatic heterocycles. The first-order valence-corrected chi connectivity index (χ1v) is 6.72. The Bertz CT molecular complexity index is 832. The Morgan fingerprint density at radius 3 is 2.65 bits per heavy atom. The van der Waals surface area contributed by atoms with Gasteiger partial charge in [0.25, 0.3) is 5.91 Å². The number of fused-ring (bicyclic) bond motifs is 2. The van der Waals surface area contributed by atoms with Crippen LogP contribution in [0.5, 0.6) is 0 Å². The van der Waals surface area contributed by atoms with Crippen LogP contribution in [0.15, 0.2) is 48.5 Å². The summed E-state index contributed by atoms with van der Waals surface area (Å²) in [5, 5.41) is 4.27. The summed E-state index contributed by atoms with van der Waals surface area (Å²) in [6, 6.07) is 15.9. The molecule has 1 atom stereocenters. The molecule has 20 heavy (non-hydrogen) atoms. The largest absolute Gasteiger partial charge is 0.358 e. The van der Waals surface area contributed by atoms with Crippen molar-refractivity contribution in [1.82, 2.24) is 10.3 Å². The van der Waals surface area contributed by atoms with Crippen molar-refractivity contribution in [3.63, 3.8) is 0 Å². The minimum absolute atomic E-state index is 0.00952. The zero-order valence-electron chi connectivity index (χ0n) is 11.1. The monoisotopic (exact) mass is 262 g/mol. The molecule has 0 radical (unpaired) electrons. The third kappa shape index (κ3) is 1.43. The summed E-state index contributed by atoms with van der Waals surface area (Å²) in [5.41, 5.74) is 5.22. The first kappa shape index (κ1) is 11.3. The third-order valence-corrected chi connectivity index (χ3v) is 4.02. The van der Waals surface area contributed by atoms with Crippen molar-refractivity contribution in [3.05, 3.63) is 70.9 Å². The van der Waals surface area contributed by atoms with Crippen LogP contribution < -0.4 is 5.32 Å². The number of rotatable bonds is 1. The van der Waals surface area contributed by atoms with Gasteiger partial charge in [0.05, 0.1) is 6.04 Å². The van der Waals surface area contributed by atoms with Crippen molar-refractivity contribution in [2.24, 2.45) is 0 Å². The Balaban J connectivity index is 1.98. The minimum Gasteiger partial charge on any atom is -0.358 e. The number of hydrogen-bond acceptors (Lipinski definition) is 1. The van der Waals surface area contributed by atoms with Gasteiger partial charge in [-0.05, 0) is 24.6 Å². The number of aryl methyl sites for hydroxylation is 1. The maximum absolute atomic E-state index is 12.1. The SMILES string of the molecule is Cc1[nH]c2ccccc2c1[C@@H]1NC(=O)c2ccccc21. The second-order valence-corrected chi connectivity index (χ2v) is 5.20. The summed E-state index contributed by atoms with van der Waals surface area (Å²) in [6.45, 7) is 2.06. The Kier molecular flexibility index (Phi) is 2.24. The van der Waals surface area contributed by atoms with E-state index in [2.05, 4.69) is 29.4 Å². The molecule has 2 heterocycles. The van der Waals surface area contributed by atoms with Crippen molar-refractivity contribution >= 4 is 16.8 Å². The van der Waals surface area contributed by atoms with Crippen molar-refractivity contribution in [2.75, 3.05) is 0 Å². The van der Waals surface area contributed by atoms with Crippen LogP contribution in [0, 0.1) is 6.92 Å². The molecule has 3 heteroatoms. The van der Waals surface area contributed by atoms with Crippen molar-refractivity contribution in [2.45, 2.75) is 13.0 Å². The first-order chi connectivity index (χ1) is 9.75. The zero-order valence-corrected chi connectivity index (χ0v) is 11.1. The highest BCUT2D eigenvalue weighted by Crippen LogP contribution is 2.36. The average Bonchev–Trinajstić information content (AvgIpc) is 2.96. The molecule has 0 aliphatic carbocycles. The molecule has 3 nitrogen and oxygen atoms in total. The van der Waals surface area contributed by atoms with E-state index in [9.17, 15) is 4.79 Å². The Labute approximate surface area is 116 Å². The molecular weight excluding hydrogens is 248 g/mol. The summed E-state index contributed by atoms with van der Waals surface area (Å²) in [7, 11) is 0. The normalized spacial score (nSPS) is 17.2. The summed E-state index contributed by atoms with van der Waals surface area (Å²) in [5.74, 6) is 0.00952. The van der Waals surface area contributed by atoms with E-state index < -0.39 is 0 Å². The Hall–Kier alpha value is -2.55. The molecule has 1 amide bonds. The highest BCUT2D eigenvalue weighted by Gasteiger charge is 2.31. The average molecular weight is 262 g/mol. The lowest BCUT2D eigenvalue weighted by Crippen LogP contribution is -2.20. The number of hydrogen-bond donors (Lipinski definition) is 2. The topological polar surface area (TPSA) is 44.9 Å². The number of aromatic amines is 1. The first-order valence-electron chi connectivity index (χ1n) is 6.72. The predicted molar refractivity (Wildman–Crippen MR) is 78.8 cm³/mol. The fourth-order valence-corrected chi connectivity index (χ4v) is 3.14. The smallest absolute Gasteiger partial charge is 0.252 e. The van der Waals surface area contributed by atoms with Crippen LogP contribution in [0.1, 0.15) is 33.2 Å². The number of para-hydroxylation sites is 1. The van der Waals surface area contributed by atoms with Gasteiger partial charge in [0.15, 0.2) is 0 Å². The van der Waals surface area contributed by atoms with E-state index in [4.69, 9.17) is 0 Å². The van der Waals surface area contributed by atoms with Gasteiger partial charge in [-0.15, -0.1) is 0 Å². The van der Waals surface area contributed by atoms with Gasteiger partial charge >= 0.3 is 0 Å². The lowest BCUT2D eigenvalue weighted by Gasteiger charge is -2.12. The lowest BCUT2D eigenvalue weighted by atomic mass is 9.96. The molecule has 2 N–H and O–H groups in total. The quantitative estimate of drug-likeness (QED) is 0.694. The van der Waals surface area contributed by atoms with Gasteiger partial charge in [-0.25, -0.2) is 0 Å². The van der Waals surface area contributed by atoms with Crippen LogP contribution >= 0.6 is 0 Å². The highest BCUT2D eigenvalue weighted by molar-refractivity contribution is 6.00. The Morgan fingerprint density at radius 1 is 1.00 bits per heavy atom. The van der Waals surface area contributed by atoms with Crippen LogP contribution in [0.25, 0.3) is 10.9 Å². The van der Waals surface area contributed by atoms with Crippen molar-refractivity contribution in [1.29, 1.82) is 0 Å². The van der Waals surface area contributed by atoms with Crippen molar-refractivity contribution < 1.29 is 4.79 Å².